The summed E-state index contributed by atoms with van der Waals surface area (Å²) in [4.78, 5) is 25.0. The maximum atomic E-state index is 12.5. The van der Waals surface area contributed by atoms with Gasteiger partial charge in [-0.1, -0.05) is 0 Å². The van der Waals surface area contributed by atoms with Crippen molar-refractivity contribution in [1.29, 1.82) is 0 Å². The van der Waals surface area contributed by atoms with Crippen LogP contribution in [0.1, 0.15) is 12.8 Å². The Balaban J connectivity index is 1.49. The maximum absolute atomic E-state index is 12.5. The van der Waals surface area contributed by atoms with Gasteiger partial charge >= 0.3 is 11.9 Å². The Morgan fingerprint density at radius 2 is 0.955 bits per heavy atom. The highest BCUT2D eigenvalue weighted by atomic mass is 16.5. The van der Waals surface area contributed by atoms with Gasteiger partial charge in [0.05, 0.1) is 26.1 Å². The fourth-order valence-electron chi connectivity index (χ4n) is 8.36. The molecule has 0 amide bonds. The molecule has 4 heteroatoms. The van der Waals surface area contributed by atoms with Gasteiger partial charge in [-0.3, -0.25) is 9.59 Å². The van der Waals surface area contributed by atoms with Gasteiger partial charge in [-0.2, -0.15) is 0 Å². The molecule has 0 radical (unpaired) electrons. The average Bonchev–Trinajstić information content (AvgIpc) is 3.35. The Bertz CT molecular complexity index is 516. The normalized spacial score (nSPS) is 63.9. The standard InChI is InChI=1S/C18H22O4/c1-21-17(19)15-9-5-3-7(5)11-13(9)14-10(15)6-4-8(6)12(14)16(11)18(20)22-2/h5-16H,3-4H2,1-2H3/t5-,6-,7-,8+,9+,10-,11+,12-,13?,14?,15?,16?/m0/s1. The zero-order chi connectivity index (χ0) is 14.9. The highest BCUT2D eigenvalue weighted by molar-refractivity contribution is 5.77. The third kappa shape index (κ3) is 1.09. The summed E-state index contributed by atoms with van der Waals surface area (Å²) in [5.74, 6) is 6.37. The van der Waals surface area contributed by atoms with Crippen LogP contribution in [0.4, 0.5) is 0 Å². The van der Waals surface area contributed by atoms with Gasteiger partial charge < -0.3 is 9.47 Å². The molecule has 0 N–H and O–H groups in total. The molecule has 6 rings (SSSR count). The van der Waals surface area contributed by atoms with Crippen molar-refractivity contribution in [2.45, 2.75) is 12.8 Å². The lowest BCUT2D eigenvalue weighted by molar-refractivity contribution is -0.149. The molecular weight excluding hydrogens is 280 g/mol. The summed E-state index contributed by atoms with van der Waals surface area (Å²) in [6.45, 7) is 0. The van der Waals surface area contributed by atoms with Crippen LogP contribution < -0.4 is 0 Å². The lowest BCUT2D eigenvalue weighted by Gasteiger charge is -2.26. The van der Waals surface area contributed by atoms with E-state index in [1.807, 2.05) is 0 Å². The van der Waals surface area contributed by atoms with Crippen LogP contribution in [-0.4, -0.2) is 26.2 Å². The second kappa shape index (κ2) is 3.54. The van der Waals surface area contributed by atoms with Gasteiger partial charge in [-0.25, -0.2) is 0 Å². The van der Waals surface area contributed by atoms with Crippen LogP contribution in [0, 0.1) is 71.0 Å². The van der Waals surface area contributed by atoms with Gasteiger partial charge in [-0.05, 0) is 72.0 Å². The number of carbonyl (C=O) groups is 2. The van der Waals surface area contributed by atoms with Gasteiger partial charge in [0.25, 0.3) is 0 Å². The molecule has 0 heterocycles. The van der Waals surface area contributed by atoms with Crippen molar-refractivity contribution >= 4 is 11.9 Å². The molecule has 6 saturated carbocycles. The van der Waals surface area contributed by atoms with Crippen molar-refractivity contribution in [3.63, 3.8) is 0 Å². The Labute approximate surface area is 129 Å². The van der Waals surface area contributed by atoms with Gasteiger partial charge in [0, 0.05) is 0 Å². The summed E-state index contributed by atoms with van der Waals surface area (Å²) in [5.41, 5.74) is 0. The van der Waals surface area contributed by atoms with E-state index in [0.29, 0.717) is 59.2 Å². The molecule has 0 aliphatic heterocycles. The van der Waals surface area contributed by atoms with Crippen LogP contribution in [0.5, 0.6) is 0 Å². The van der Waals surface area contributed by atoms with Crippen LogP contribution >= 0.6 is 0 Å². The first-order valence-electron chi connectivity index (χ1n) is 8.84. The van der Waals surface area contributed by atoms with E-state index >= 15 is 0 Å². The topological polar surface area (TPSA) is 52.6 Å². The summed E-state index contributed by atoms with van der Waals surface area (Å²) in [6.07, 6.45) is 2.46. The van der Waals surface area contributed by atoms with E-state index < -0.39 is 0 Å². The van der Waals surface area contributed by atoms with Crippen molar-refractivity contribution in [2.75, 3.05) is 14.2 Å². The van der Waals surface area contributed by atoms with E-state index in [1.165, 1.54) is 12.8 Å². The van der Waals surface area contributed by atoms with E-state index in [1.54, 1.807) is 14.2 Å². The zero-order valence-electron chi connectivity index (χ0n) is 13.0. The molecule has 6 aliphatic rings. The van der Waals surface area contributed by atoms with Crippen LogP contribution in [0.3, 0.4) is 0 Å². The quantitative estimate of drug-likeness (QED) is 0.727. The summed E-state index contributed by atoms with van der Waals surface area (Å²) < 4.78 is 10.4. The fourth-order valence-corrected chi connectivity index (χ4v) is 8.36. The molecule has 4 unspecified atom stereocenters. The number of carbonyl (C=O) groups excluding carboxylic acids is 2. The molecule has 12 atom stereocenters. The minimum atomic E-state index is 0.0385. The Kier molecular flexibility index (Phi) is 1.99. The summed E-state index contributed by atoms with van der Waals surface area (Å²) in [7, 11) is 3.09. The third-order valence-electron chi connectivity index (χ3n) is 8.59. The molecule has 4 nitrogen and oxygen atoms in total. The molecule has 6 aliphatic carbocycles. The smallest absolute Gasteiger partial charge is 0.309 e. The minimum Gasteiger partial charge on any atom is -0.469 e. The molecule has 22 heavy (non-hydrogen) atoms. The first-order chi connectivity index (χ1) is 10.7. The first-order valence-corrected chi connectivity index (χ1v) is 8.84. The monoisotopic (exact) mass is 302 g/mol. The second-order valence-corrected chi connectivity index (χ2v) is 8.69. The number of methoxy groups -OCH3 is 2. The molecule has 0 aromatic heterocycles. The van der Waals surface area contributed by atoms with Crippen molar-refractivity contribution in [1.82, 2.24) is 0 Å². The minimum absolute atomic E-state index is 0.0385. The highest BCUT2D eigenvalue weighted by Gasteiger charge is 2.83. The summed E-state index contributed by atoms with van der Waals surface area (Å²) in [6, 6.07) is 0. The molecule has 0 saturated heterocycles. The van der Waals surface area contributed by atoms with Crippen molar-refractivity contribution in [2.24, 2.45) is 71.0 Å². The average molecular weight is 302 g/mol. The predicted octanol–water partition coefficient (Wildman–Crippen LogP) is 1.59. The van der Waals surface area contributed by atoms with Crippen LogP contribution in [0.25, 0.3) is 0 Å². The molecular formula is C18H22O4. The van der Waals surface area contributed by atoms with E-state index in [2.05, 4.69) is 0 Å². The largest absolute Gasteiger partial charge is 0.469 e. The number of hydrogen-bond donors (Lipinski definition) is 0. The molecule has 0 bridgehead atoms. The number of fused-ring (bicyclic) bond motifs is 6. The molecule has 0 aromatic rings. The van der Waals surface area contributed by atoms with E-state index in [4.69, 9.17) is 9.47 Å². The lowest BCUT2D eigenvalue weighted by Crippen LogP contribution is -2.32. The Morgan fingerprint density at radius 3 is 1.23 bits per heavy atom. The highest BCUT2D eigenvalue weighted by Crippen LogP contribution is 2.84. The van der Waals surface area contributed by atoms with Crippen molar-refractivity contribution < 1.29 is 19.1 Å². The van der Waals surface area contributed by atoms with Crippen LogP contribution in [0.15, 0.2) is 0 Å². The Hall–Kier alpha value is -1.06. The van der Waals surface area contributed by atoms with Gasteiger partial charge in [-0.15, -0.1) is 0 Å². The van der Waals surface area contributed by atoms with Crippen molar-refractivity contribution in [3.05, 3.63) is 0 Å². The molecule has 6 fully saturated rings. The molecule has 0 spiro atoms. The second-order valence-electron chi connectivity index (χ2n) is 8.69. The first kappa shape index (κ1) is 12.4. The lowest BCUT2D eigenvalue weighted by atomic mass is 9.79. The van der Waals surface area contributed by atoms with Gasteiger partial charge in [0.1, 0.15) is 0 Å². The number of esters is 2. The van der Waals surface area contributed by atoms with Gasteiger partial charge in [0.2, 0.25) is 0 Å². The predicted molar refractivity (Wildman–Crippen MR) is 75.1 cm³/mol. The van der Waals surface area contributed by atoms with E-state index in [0.717, 1.165) is 0 Å². The molecule has 118 valence electrons. The fraction of sp³-hybridized carbons (Fsp3) is 0.889. The van der Waals surface area contributed by atoms with Crippen LogP contribution in [-0.2, 0) is 19.1 Å². The number of hydrogen-bond acceptors (Lipinski definition) is 4. The molecule has 0 aromatic carbocycles. The zero-order valence-corrected chi connectivity index (χ0v) is 13.0. The number of rotatable bonds is 2. The van der Waals surface area contributed by atoms with Gasteiger partial charge in [0.15, 0.2) is 0 Å². The van der Waals surface area contributed by atoms with Crippen molar-refractivity contribution in [3.8, 4) is 0 Å². The summed E-state index contributed by atoms with van der Waals surface area (Å²) >= 11 is 0. The Morgan fingerprint density at radius 1 is 0.636 bits per heavy atom. The van der Waals surface area contributed by atoms with Crippen LogP contribution in [0.2, 0.25) is 0 Å². The number of ether oxygens (including phenoxy) is 2. The summed E-state index contributed by atoms with van der Waals surface area (Å²) in [5, 5.41) is 0. The SMILES string of the molecule is COC(=O)C1[C@H]2C3C4[C@@H]1[C@H]1C[C@H]1[C@@H]4C(C(=O)OC)[C@@H]3[C@H]1C[C@H]21. The van der Waals surface area contributed by atoms with E-state index in [-0.39, 0.29) is 23.8 Å². The maximum Gasteiger partial charge on any atom is 0.309 e. The third-order valence-corrected chi connectivity index (χ3v) is 8.59. The van der Waals surface area contributed by atoms with E-state index in [9.17, 15) is 9.59 Å².